The van der Waals surface area contributed by atoms with E-state index in [4.69, 9.17) is 10.8 Å². The van der Waals surface area contributed by atoms with E-state index < -0.39 is 0 Å². The average Bonchev–Trinajstić information content (AvgIpc) is 1.96. The van der Waals surface area contributed by atoms with Crippen molar-refractivity contribution in [1.29, 1.82) is 0 Å². The predicted octanol–water partition coefficient (Wildman–Crippen LogP) is 1.67. The smallest absolute Gasteiger partial charge is 0.0702 e. The number of aliphatic hydroxyl groups is 1. The molecule has 0 aliphatic carbocycles. The standard InChI is InChI=1S/C8H10INO/c1-5-2-7(9)3-6(4-11)8(5)10/h2-3,11H,4,10H2,1H3. The molecule has 3 N–H and O–H groups in total. The second-order valence-electron chi connectivity index (χ2n) is 2.45. The van der Waals surface area contributed by atoms with Gasteiger partial charge in [0.1, 0.15) is 0 Å². The maximum atomic E-state index is 8.88. The number of halogens is 1. The molecule has 0 saturated heterocycles. The van der Waals surface area contributed by atoms with Crippen molar-refractivity contribution in [2.45, 2.75) is 13.5 Å². The number of anilines is 1. The lowest BCUT2D eigenvalue weighted by atomic mass is 10.1. The maximum absolute atomic E-state index is 8.88. The van der Waals surface area contributed by atoms with E-state index in [1.807, 2.05) is 19.1 Å². The zero-order chi connectivity index (χ0) is 8.43. The zero-order valence-electron chi connectivity index (χ0n) is 6.26. The number of nitrogens with two attached hydrogens (primary N) is 1. The summed E-state index contributed by atoms with van der Waals surface area (Å²) in [7, 11) is 0. The number of benzene rings is 1. The fraction of sp³-hybridized carbons (Fsp3) is 0.250. The lowest BCUT2D eigenvalue weighted by Crippen LogP contribution is -1.97. The van der Waals surface area contributed by atoms with Crippen molar-refractivity contribution in [3.63, 3.8) is 0 Å². The number of nitrogen functional groups attached to an aromatic ring is 1. The number of aryl methyl sites for hydroxylation is 1. The molecule has 0 aliphatic rings. The van der Waals surface area contributed by atoms with E-state index in [2.05, 4.69) is 22.6 Å². The summed E-state index contributed by atoms with van der Waals surface area (Å²) in [5.74, 6) is 0. The van der Waals surface area contributed by atoms with E-state index in [0.717, 1.165) is 14.7 Å². The van der Waals surface area contributed by atoms with Gasteiger partial charge in [-0.25, -0.2) is 0 Å². The average molecular weight is 263 g/mol. The largest absolute Gasteiger partial charge is 0.398 e. The van der Waals surface area contributed by atoms with Gasteiger partial charge in [0.2, 0.25) is 0 Å². The fourth-order valence-corrected chi connectivity index (χ4v) is 1.80. The van der Waals surface area contributed by atoms with Gasteiger partial charge in [-0.3, -0.25) is 0 Å². The Balaban J connectivity index is 3.24. The maximum Gasteiger partial charge on any atom is 0.0702 e. The van der Waals surface area contributed by atoms with Crippen LogP contribution in [0.15, 0.2) is 12.1 Å². The molecule has 1 aromatic rings. The third-order valence-corrected chi connectivity index (χ3v) is 2.23. The normalized spacial score (nSPS) is 10.1. The molecule has 0 atom stereocenters. The highest BCUT2D eigenvalue weighted by molar-refractivity contribution is 14.1. The number of hydrogen-bond donors (Lipinski definition) is 2. The third-order valence-electron chi connectivity index (χ3n) is 1.61. The molecule has 0 unspecified atom stereocenters. The van der Waals surface area contributed by atoms with Gasteiger partial charge >= 0.3 is 0 Å². The first-order chi connectivity index (χ1) is 5.15. The number of hydrogen-bond acceptors (Lipinski definition) is 2. The Morgan fingerprint density at radius 3 is 2.73 bits per heavy atom. The Bertz CT molecular complexity index is 273. The SMILES string of the molecule is Cc1cc(I)cc(CO)c1N. The summed E-state index contributed by atoms with van der Waals surface area (Å²) >= 11 is 2.20. The van der Waals surface area contributed by atoms with Gasteiger partial charge in [0.15, 0.2) is 0 Å². The Hall–Kier alpha value is -0.290. The summed E-state index contributed by atoms with van der Waals surface area (Å²) in [4.78, 5) is 0. The topological polar surface area (TPSA) is 46.2 Å². The predicted molar refractivity (Wildman–Crippen MR) is 54.2 cm³/mol. The Labute approximate surface area is 79.6 Å². The zero-order valence-corrected chi connectivity index (χ0v) is 8.42. The van der Waals surface area contributed by atoms with E-state index in [9.17, 15) is 0 Å². The van der Waals surface area contributed by atoms with E-state index in [1.165, 1.54) is 0 Å². The quantitative estimate of drug-likeness (QED) is 0.598. The summed E-state index contributed by atoms with van der Waals surface area (Å²) in [5.41, 5.74) is 8.24. The van der Waals surface area contributed by atoms with Gasteiger partial charge in [-0.15, -0.1) is 0 Å². The second-order valence-corrected chi connectivity index (χ2v) is 3.70. The van der Waals surface area contributed by atoms with Gasteiger partial charge in [-0.05, 0) is 47.2 Å². The molecule has 1 rings (SSSR count). The first-order valence-corrected chi connectivity index (χ1v) is 4.38. The van der Waals surface area contributed by atoms with E-state index >= 15 is 0 Å². The van der Waals surface area contributed by atoms with Crippen LogP contribution in [0.3, 0.4) is 0 Å². The minimum Gasteiger partial charge on any atom is -0.398 e. The fourth-order valence-electron chi connectivity index (χ4n) is 0.955. The van der Waals surface area contributed by atoms with Crippen LogP contribution in [-0.4, -0.2) is 5.11 Å². The van der Waals surface area contributed by atoms with Crippen LogP contribution in [0.5, 0.6) is 0 Å². The summed E-state index contributed by atoms with van der Waals surface area (Å²) in [6.45, 7) is 1.96. The molecule has 0 heterocycles. The Kier molecular flexibility index (Phi) is 2.72. The summed E-state index contributed by atoms with van der Waals surface area (Å²) in [6.07, 6.45) is 0. The molecule has 0 spiro atoms. The van der Waals surface area contributed by atoms with Gasteiger partial charge in [0.25, 0.3) is 0 Å². The van der Waals surface area contributed by atoms with Crippen molar-refractivity contribution in [2.24, 2.45) is 0 Å². The van der Waals surface area contributed by atoms with Crippen molar-refractivity contribution in [1.82, 2.24) is 0 Å². The summed E-state index contributed by atoms with van der Waals surface area (Å²) < 4.78 is 1.11. The van der Waals surface area contributed by atoms with Gasteiger partial charge in [-0.2, -0.15) is 0 Å². The highest BCUT2D eigenvalue weighted by atomic mass is 127. The first-order valence-electron chi connectivity index (χ1n) is 3.30. The van der Waals surface area contributed by atoms with Crippen LogP contribution in [0.2, 0.25) is 0 Å². The van der Waals surface area contributed by atoms with Gasteiger partial charge in [-0.1, -0.05) is 0 Å². The third kappa shape index (κ3) is 1.84. The molecular weight excluding hydrogens is 253 g/mol. The Morgan fingerprint density at radius 1 is 1.55 bits per heavy atom. The molecule has 0 amide bonds. The molecule has 2 nitrogen and oxygen atoms in total. The van der Waals surface area contributed by atoms with Crippen molar-refractivity contribution < 1.29 is 5.11 Å². The summed E-state index contributed by atoms with van der Waals surface area (Å²) in [5, 5.41) is 8.88. The minimum absolute atomic E-state index is 0.0174. The highest BCUT2D eigenvalue weighted by Crippen LogP contribution is 2.20. The van der Waals surface area contributed by atoms with Crippen molar-refractivity contribution in [2.75, 3.05) is 5.73 Å². The first kappa shape index (κ1) is 8.80. The van der Waals surface area contributed by atoms with E-state index in [1.54, 1.807) is 0 Å². The van der Waals surface area contributed by atoms with Crippen molar-refractivity contribution in [3.05, 3.63) is 26.8 Å². The lowest BCUT2D eigenvalue weighted by Gasteiger charge is -2.06. The molecule has 1 aromatic carbocycles. The van der Waals surface area contributed by atoms with E-state index in [-0.39, 0.29) is 6.61 Å². The second kappa shape index (κ2) is 3.40. The highest BCUT2D eigenvalue weighted by Gasteiger charge is 2.01. The van der Waals surface area contributed by atoms with Crippen LogP contribution < -0.4 is 5.73 Å². The van der Waals surface area contributed by atoms with Crippen LogP contribution >= 0.6 is 22.6 Å². The van der Waals surface area contributed by atoms with Gasteiger partial charge < -0.3 is 10.8 Å². The molecule has 0 aliphatic heterocycles. The van der Waals surface area contributed by atoms with Gasteiger partial charge in [0, 0.05) is 14.8 Å². The molecular formula is C8H10INO. The van der Waals surface area contributed by atoms with Crippen LogP contribution in [0.1, 0.15) is 11.1 Å². The molecule has 0 saturated carbocycles. The molecule has 11 heavy (non-hydrogen) atoms. The van der Waals surface area contributed by atoms with Crippen molar-refractivity contribution >= 4 is 28.3 Å². The monoisotopic (exact) mass is 263 g/mol. The molecule has 0 radical (unpaired) electrons. The van der Waals surface area contributed by atoms with Crippen LogP contribution in [0.4, 0.5) is 5.69 Å². The minimum atomic E-state index is 0.0174. The molecule has 60 valence electrons. The van der Waals surface area contributed by atoms with Crippen molar-refractivity contribution in [3.8, 4) is 0 Å². The van der Waals surface area contributed by atoms with Gasteiger partial charge in [0.05, 0.1) is 6.61 Å². The summed E-state index contributed by atoms with van der Waals surface area (Å²) in [6, 6.07) is 3.89. The van der Waals surface area contributed by atoms with E-state index in [0.29, 0.717) is 5.69 Å². The molecule has 0 fully saturated rings. The molecule has 0 bridgehead atoms. The van der Waals surface area contributed by atoms with Crippen LogP contribution in [0, 0.1) is 10.5 Å². The van der Waals surface area contributed by atoms with Crippen LogP contribution in [0.25, 0.3) is 0 Å². The van der Waals surface area contributed by atoms with Crippen LogP contribution in [-0.2, 0) is 6.61 Å². The number of rotatable bonds is 1. The lowest BCUT2D eigenvalue weighted by molar-refractivity contribution is 0.282. The Morgan fingerprint density at radius 2 is 2.18 bits per heavy atom. The number of aliphatic hydroxyl groups excluding tert-OH is 1. The molecule has 0 aromatic heterocycles. The molecule has 3 heteroatoms.